The van der Waals surface area contributed by atoms with Crippen molar-refractivity contribution >= 4 is 34.1 Å². The van der Waals surface area contributed by atoms with Gasteiger partial charge in [0.15, 0.2) is 0 Å². The van der Waals surface area contributed by atoms with E-state index in [-0.39, 0.29) is 0 Å². The number of hydrogen-bond donors (Lipinski definition) is 1. The van der Waals surface area contributed by atoms with Crippen LogP contribution in [0.2, 0.25) is 5.02 Å². The molecule has 0 fully saturated rings. The minimum atomic E-state index is -0.903. The number of aromatic nitrogens is 3. The number of methoxy groups -OCH3 is 2. The number of ether oxygens (including phenoxy) is 2. The van der Waals surface area contributed by atoms with E-state index in [0.717, 1.165) is 4.68 Å². The molecule has 9 heteroatoms. The Kier molecular flexibility index (Phi) is 5.27. The second-order valence-corrected chi connectivity index (χ2v) is 6.12. The normalized spacial score (nSPS) is 11.9. The van der Waals surface area contributed by atoms with Crippen molar-refractivity contribution in [3.63, 3.8) is 0 Å². The molecule has 3 rings (SSSR count). The van der Waals surface area contributed by atoms with E-state index < -0.39 is 17.5 Å². The molecule has 0 spiro atoms. The number of anilines is 1. The van der Waals surface area contributed by atoms with E-state index in [4.69, 9.17) is 21.1 Å². The topological polar surface area (TPSA) is 95.3 Å². The monoisotopic (exact) mass is 388 g/mol. The minimum absolute atomic E-state index is 0.309. The largest absolute Gasteiger partial charge is 0.495 e. The van der Waals surface area contributed by atoms with Crippen molar-refractivity contribution in [1.29, 1.82) is 0 Å². The van der Waals surface area contributed by atoms with Crippen molar-refractivity contribution in [3.8, 4) is 11.5 Å². The summed E-state index contributed by atoms with van der Waals surface area (Å²) < 4.78 is 11.4. The molecule has 0 bridgehead atoms. The van der Waals surface area contributed by atoms with Gasteiger partial charge in [-0.05, 0) is 25.1 Å². The second-order valence-electron chi connectivity index (χ2n) is 5.71. The highest BCUT2D eigenvalue weighted by atomic mass is 35.5. The molecule has 0 aliphatic heterocycles. The van der Waals surface area contributed by atoms with Gasteiger partial charge in [-0.1, -0.05) is 28.9 Å². The van der Waals surface area contributed by atoms with E-state index in [0.29, 0.717) is 33.1 Å². The lowest BCUT2D eigenvalue weighted by Gasteiger charge is -2.16. The molecule has 0 aliphatic rings. The van der Waals surface area contributed by atoms with Gasteiger partial charge in [0.25, 0.3) is 5.56 Å². The number of nitrogens with one attached hydrogen (secondary N) is 1. The zero-order chi connectivity index (χ0) is 19.6. The van der Waals surface area contributed by atoms with Crippen molar-refractivity contribution in [2.75, 3.05) is 19.5 Å². The average Bonchev–Trinajstić information content (AvgIpc) is 2.68. The minimum Gasteiger partial charge on any atom is -0.495 e. The van der Waals surface area contributed by atoms with Crippen LogP contribution in [0.5, 0.6) is 11.5 Å². The number of amides is 1. The number of halogens is 1. The number of carbonyl (C=O) groups is 1. The lowest BCUT2D eigenvalue weighted by atomic mass is 10.2. The van der Waals surface area contributed by atoms with E-state index in [9.17, 15) is 9.59 Å². The number of hydrogen-bond acceptors (Lipinski definition) is 6. The number of benzene rings is 2. The predicted molar refractivity (Wildman–Crippen MR) is 102 cm³/mol. The summed E-state index contributed by atoms with van der Waals surface area (Å²) in [5.74, 6) is 0.311. The van der Waals surface area contributed by atoms with E-state index in [1.54, 1.807) is 37.3 Å². The molecular weight excluding hydrogens is 372 g/mol. The molecule has 27 heavy (non-hydrogen) atoms. The van der Waals surface area contributed by atoms with Gasteiger partial charge >= 0.3 is 0 Å². The maximum Gasteiger partial charge on any atom is 0.278 e. The van der Waals surface area contributed by atoms with Crippen LogP contribution in [-0.4, -0.2) is 35.1 Å². The van der Waals surface area contributed by atoms with E-state index in [1.165, 1.54) is 20.3 Å². The van der Waals surface area contributed by atoms with Gasteiger partial charge in [0.1, 0.15) is 23.1 Å². The first-order valence-electron chi connectivity index (χ1n) is 8.03. The fourth-order valence-corrected chi connectivity index (χ4v) is 2.80. The molecular formula is C18H17ClN4O4. The first-order chi connectivity index (χ1) is 13.0. The summed E-state index contributed by atoms with van der Waals surface area (Å²) in [6.07, 6.45) is 0. The molecule has 0 aliphatic carbocycles. The maximum atomic E-state index is 12.7. The molecule has 1 unspecified atom stereocenters. The molecule has 1 heterocycles. The molecule has 140 valence electrons. The molecule has 1 amide bonds. The van der Waals surface area contributed by atoms with Crippen molar-refractivity contribution in [3.05, 3.63) is 51.8 Å². The van der Waals surface area contributed by atoms with E-state index in [1.807, 2.05) is 0 Å². The maximum absolute atomic E-state index is 12.7. The van der Waals surface area contributed by atoms with Gasteiger partial charge in [-0.3, -0.25) is 9.59 Å². The summed E-state index contributed by atoms with van der Waals surface area (Å²) in [6.45, 7) is 1.55. The first-order valence-corrected chi connectivity index (χ1v) is 8.40. The molecule has 1 atom stereocenters. The number of nitrogens with zero attached hydrogens (tertiary/aromatic N) is 3. The lowest BCUT2D eigenvalue weighted by molar-refractivity contribution is -0.119. The van der Waals surface area contributed by atoms with Crippen LogP contribution in [0.15, 0.2) is 41.2 Å². The van der Waals surface area contributed by atoms with Gasteiger partial charge in [-0.2, -0.15) is 4.68 Å². The summed E-state index contributed by atoms with van der Waals surface area (Å²) in [7, 11) is 2.94. The standard InChI is InChI=1S/C18H17ClN4O4/c1-10(23-18(25)11-6-4-5-7-13(11)21-22-23)17(24)20-14-8-12(19)15(26-2)9-16(14)27-3/h4-10H,1-3H3,(H,20,24). The van der Waals surface area contributed by atoms with Gasteiger partial charge in [0.2, 0.25) is 5.91 Å². The van der Waals surface area contributed by atoms with Crippen LogP contribution in [0.1, 0.15) is 13.0 Å². The van der Waals surface area contributed by atoms with Gasteiger partial charge < -0.3 is 14.8 Å². The predicted octanol–water partition coefficient (Wildman–Crippen LogP) is 2.66. The second kappa shape index (κ2) is 7.63. The zero-order valence-electron chi connectivity index (χ0n) is 14.9. The molecule has 3 aromatic rings. The number of rotatable bonds is 5. The molecule has 2 aromatic carbocycles. The van der Waals surface area contributed by atoms with Crippen molar-refractivity contribution in [2.45, 2.75) is 13.0 Å². The van der Waals surface area contributed by atoms with Crippen LogP contribution in [0, 0.1) is 0 Å². The Morgan fingerprint density at radius 2 is 1.89 bits per heavy atom. The highest BCUT2D eigenvalue weighted by molar-refractivity contribution is 6.32. The first kappa shape index (κ1) is 18.7. The third-order valence-corrected chi connectivity index (χ3v) is 4.36. The van der Waals surface area contributed by atoms with Crippen molar-refractivity contribution in [1.82, 2.24) is 15.0 Å². The van der Waals surface area contributed by atoms with Crippen LogP contribution >= 0.6 is 11.6 Å². The lowest BCUT2D eigenvalue weighted by Crippen LogP contribution is -2.34. The quantitative estimate of drug-likeness (QED) is 0.722. The highest BCUT2D eigenvalue weighted by Gasteiger charge is 2.21. The number of fused-ring (bicyclic) bond motifs is 1. The fourth-order valence-electron chi connectivity index (χ4n) is 2.56. The van der Waals surface area contributed by atoms with Crippen LogP contribution in [0.4, 0.5) is 5.69 Å². The molecule has 8 nitrogen and oxygen atoms in total. The zero-order valence-corrected chi connectivity index (χ0v) is 15.6. The summed E-state index contributed by atoms with van der Waals surface area (Å²) in [5, 5.41) is 11.3. The van der Waals surface area contributed by atoms with Crippen LogP contribution in [-0.2, 0) is 4.79 Å². The van der Waals surface area contributed by atoms with Crippen LogP contribution in [0.25, 0.3) is 10.9 Å². The van der Waals surface area contributed by atoms with Gasteiger partial charge in [-0.25, -0.2) is 0 Å². The Morgan fingerprint density at radius 3 is 2.59 bits per heavy atom. The summed E-state index contributed by atoms with van der Waals surface area (Å²) in [6, 6.07) is 8.98. The fraction of sp³-hybridized carbons (Fsp3) is 0.222. The van der Waals surface area contributed by atoms with E-state index in [2.05, 4.69) is 15.6 Å². The average molecular weight is 389 g/mol. The number of carbonyl (C=O) groups excluding carboxylic acids is 1. The summed E-state index contributed by atoms with van der Waals surface area (Å²) in [5.41, 5.74) is 0.417. The van der Waals surface area contributed by atoms with Crippen molar-refractivity contribution in [2.24, 2.45) is 0 Å². The third-order valence-electron chi connectivity index (χ3n) is 4.07. The van der Waals surface area contributed by atoms with Crippen LogP contribution < -0.4 is 20.3 Å². The summed E-state index contributed by atoms with van der Waals surface area (Å²) in [4.78, 5) is 25.3. The van der Waals surface area contributed by atoms with Crippen LogP contribution in [0.3, 0.4) is 0 Å². The smallest absolute Gasteiger partial charge is 0.278 e. The summed E-state index contributed by atoms with van der Waals surface area (Å²) >= 11 is 6.12. The Balaban J connectivity index is 1.92. The molecule has 1 aromatic heterocycles. The molecule has 0 radical (unpaired) electrons. The Hall–Kier alpha value is -3.13. The molecule has 1 N–H and O–H groups in total. The Labute approximate surface area is 159 Å². The third kappa shape index (κ3) is 3.56. The molecule has 0 saturated carbocycles. The van der Waals surface area contributed by atoms with Gasteiger partial charge in [0.05, 0.1) is 30.3 Å². The van der Waals surface area contributed by atoms with Gasteiger partial charge in [0, 0.05) is 6.07 Å². The van der Waals surface area contributed by atoms with Gasteiger partial charge in [-0.15, -0.1) is 5.10 Å². The van der Waals surface area contributed by atoms with Crippen molar-refractivity contribution < 1.29 is 14.3 Å². The Bertz CT molecular complexity index is 1070. The Morgan fingerprint density at radius 1 is 1.19 bits per heavy atom. The SMILES string of the molecule is COc1cc(OC)c(NC(=O)C(C)n2nnc3ccccc3c2=O)cc1Cl. The highest BCUT2D eigenvalue weighted by Crippen LogP contribution is 2.36. The molecule has 0 saturated heterocycles. The van der Waals surface area contributed by atoms with E-state index >= 15 is 0 Å².